The first-order valence-corrected chi connectivity index (χ1v) is 42.2. The predicted molar refractivity (Wildman–Crippen MR) is 295 cm³/mol. The monoisotopic (exact) mass is 1300 g/mol. The molecule has 0 radical (unpaired) electrons. The van der Waals surface area contributed by atoms with E-state index < -0.39 is 32.9 Å². The van der Waals surface area contributed by atoms with E-state index in [-0.39, 0.29) is 15.8 Å². The maximum atomic E-state index is 8.48. The van der Waals surface area contributed by atoms with Gasteiger partial charge in [-0.1, -0.05) is 234 Å². The fourth-order valence-corrected chi connectivity index (χ4v) is 35.9. The fourth-order valence-electron chi connectivity index (χ4n) is 9.12. The van der Waals surface area contributed by atoms with Gasteiger partial charge in [0.05, 0.1) is 0 Å². The summed E-state index contributed by atoms with van der Waals surface area (Å²) in [6.07, 6.45) is 8.87. The van der Waals surface area contributed by atoms with Gasteiger partial charge in [0.1, 0.15) is 0 Å². The Morgan fingerprint density at radius 2 is 0.754 bits per heavy atom. The van der Waals surface area contributed by atoms with Crippen LogP contribution in [0.1, 0.15) is 38.5 Å². The third kappa shape index (κ3) is 21.2. The third-order valence-corrected chi connectivity index (χ3v) is 35.7. The van der Waals surface area contributed by atoms with E-state index in [1.54, 1.807) is 0 Å². The van der Waals surface area contributed by atoms with Crippen LogP contribution in [0.4, 0.5) is 17.1 Å². The predicted octanol–water partition coefficient (Wildman–Crippen LogP) is 16.8. The molecule has 15 heteroatoms. The summed E-state index contributed by atoms with van der Waals surface area (Å²) >= 11 is 1.70. The van der Waals surface area contributed by atoms with Crippen LogP contribution < -0.4 is 10.6 Å². The number of nitrogens with zero attached hydrogens (tertiary/aromatic N) is 5. The topological polar surface area (TPSA) is 101 Å². The van der Waals surface area contributed by atoms with Crippen LogP contribution in [0.2, 0.25) is 64.0 Å². The van der Waals surface area contributed by atoms with Gasteiger partial charge in [-0.2, -0.15) is 0 Å². The molecule has 0 spiro atoms. The van der Waals surface area contributed by atoms with E-state index in [2.05, 4.69) is 201 Å². The van der Waals surface area contributed by atoms with Gasteiger partial charge in [0.25, 0.3) is 0 Å². The van der Waals surface area contributed by atoms with E-state index in [0.29, 0.717) is 20.9 Å². The van der Waals surface area contributed by atoms with Gasteiger partial charge in [0, 0.05) is 0 Å². The standard InChI is InChI=1S/C24H31N2PSi2.C18H27N2PSi2.C8H14BN.N.2Ta/c1-28(2,25-22-14-8-5-9-15-22)20-27(24-18-12-7-13-19-24)21-29(3,4)26-23-16-10-6-11-17-23;1-22(2,19)15-21(18-13-9-6-10-14-18)16-23(3,4)20-17-11-7-5-8-12-17;10-9-7-3-1-4-8(9)6-2-5-7;;;/h5-19H,20-21H2,1-4H3;5-14,19H,15-16H2,1-4H3;7-8H,1-6H2;;;/q2*-2;;-1;;. The molecule has 65 heavy (non-hydrogen) atoms. The van der Waals surface area contributed by atoms with Crippen LogP contribution in [-0.2, 0) is 41.8 Å². The molecular formula is C50H72BN6P2Si4Ta2-5. The molecule has 6 nitrogen and oxygen atoms in total. The Bertz CT molecular complexity index is 2000. The van der Waals surface area contributed by atoms with E-state index in [9.17, 15) is 0 Å². The Kier molecular flexibility index (Phi) is 24.2. The Hall–Kier alpha value is -1.67. The van der Waals surface area contributed by atoms with Gasteiger partial charge in [-0.25, -0.2) is 0 Å². The quantitative estimate of drug-likeness (QED) is 0.0654. The first-order chi connectivity index (χ1) is 31.0. The van der Waals surface area contributed by atoms with E-state index in [1.165, 1.54) is 87.4 Å². The van der Waals surface area contributed by atoms with Crippen molar-refractivity contribution in [3.05, 3.63) is 176 Å². The SMILES string of the molecule is C[Si](C)(CP(C[Si](C)(C)[N-]c1ccccc1)c1ccccc1)[N-]c1ccccc1.C[Si](C)([NH-])CP(C[Si](C)(C)[N-]c1ccccc1)c1ccccc1.[N-]=[Ta].[Ta]=[N]B1C2CCCC1CCC2. The molecule has 1 atom stereocenters. The van der Waals surface area contributed by atoms with Gasteiger partial charge in [0.15, 0.2) is 0 Å². The van der Waals surface area contributed by atoms with E-state index in [1.807, 2.05) is 6.07 Å². The number of hydrogen-bond donors (Lipinski definition) is 0. The van der Waals surface area contributed by atoms with Crippen LogP contribution >= 0.6 is 15.8 Å². The Balaban J connectivity index is 0.000000227. The third-order valence-electron chi connectivity index (χ3n) is 11.5. The Labute approximate surface area is 426 Å². The van der Waals surface area contributed by atoms with E-state index in [0.717, 1.165) is 41.3 Å². The van der Waals surface area contributed by atoms with Crippen LogP contribution in [0, 0.1) is 0 Å². The van der Waals surface area contributed by atoms with Crippen LogP contribution in [-0.4, -0.2) is 62.9 Å². The molecule has 2 saturated heterocycles. The van der Waals surface area contributed by atoms with Gasteiger partial charge in [-0.05, 0) is 52.7 Å². The normalized spacial score (nSPS) is 16.5. The molecule has 7 rings (SSSR count). The average molecular weight is 1300 g/mol. The van der Waals surface area contributed by atoms with Gasteiger partial charge < -0.3 is 20.3 Å². The summed E-state index contributed by atoms with van der Waals surface area (Å²) in [5.74, 6) is 6.66. The van der Waals surface area contributed by atoms with Crippen LogP contribution in [0.5, 0.6) is 0 Å². The van der Waals surface area contributed by atoms with Crippen molar-refractivity contribution >= 4 is 83.3 Å². The molecule has 2 aliphatic rings. The van der Waals surface area contributed by atoms with Crippen LogP contribution in [0.15, 0.2) is 155 Å². The van der Waals surface area contributed by atoms with Crippen molar-refractivity contribution in [2.24, 2.45) is 3.25 Å². The van der Waals surface area contributed by atoms with Crippen molar-refractivity contribution < 1.29 is 41.8 Å². The number of benzene rings is 5. The van der Waals surface area contributed by atoms with E-state index in [4.69, 9.17) is 24.1 Å². The molecule has 0 amide bonds. The minimum absolute atomic E-state index is 0.286. The number of fused-ring (bicyclic) bond motifs is 2. The summed E-state index contributed by atoms with van der Waals surface area (Å²) in [5, 5.41) is 11.4. The van der Waals surface area contributed by atoms with Gasteiger partial charge in [0.2, 0.25) is 0 Å². The zero-order valence-corrected chi connectivity index (χ0v) is 52.5. The molecule has 0 aromatic heterocycles. The summed E-state index contributed by atoms with van der Waals surface area (Å²) < 4.78 is 11.8. The number of hydrogen-bond acceptors (Lipinski definition) is 1. The zero-order valence-electron chi connectivity index (χ0n) is 40.3. The molecular weight excluding hydrogens is 1230 g/mol. The molecule has 5 aromatic carbocycles. The Morgan fingerprint density at radius 1 is 0.492 bits per heavy atom. The van der Waals surface area contributed by atoms with Crippen molar-refractivity contribution in [2.75, 3.05) is 23.1 Å². The average Bonchev–Trinajstić information content (AvgIpc) is 3.27. The second-order valence-electron chi connectivity index (χ2n) is 20.0. The zero-order chi connectivity index (χ0) is 47.4. The minimum atomic E-state index is -1.84. The number of nitrogens with one attached hydrogen (secondary N) is 1. The molecule has 2 heterocycles. The van der Waals surface area contributed by atoms with Crippen LogP contribution in [0.3, 0.4) is 0 Å². The molecule has 1 unspecified atom stereocenters. The molecule has 5 aromatic rings. The van der Waals surface area contributed by atoms with Crippen molar-refractivity contribution in [3.63, 3.8) is 0 Å². The van der Waals surface area contributed by atoms with Gasteiger partial charge >= 0.3 is 106 Å². The molecule has 0 saturated carbocycles. The number of rotatable bonds is 17. The van der Waals surface area contributed by atoms with Crippen molar-refractivity contribution in [3.8, 4) is 0 Å². The van der Waals surface area contributed by atoms with Crippen LogP contribution in [0.25, 0.3) is 24.1 Å². The summed E-state index contributed by atoms with van der Waals surface area (Å²) in [6, 6.07) is 53.2. The molecule has 2 bridgehead atoms. The summed E-state index contributed by atoms with van der Waals surface area (Å²) in [7, 11) is -7.60. The fraction of sp³-hybridized carbons (Fsp3) is 0.400. The van der Waals surface area contributed by atoms with Crippen molar-refractivity contribution in [1.29, 1.82) is 0 Å². The maximum absolute atomic E-state index is 8.48. The molecule has 0 aliphatic carbocycles. The molecule has 2 fully saturated rings. The van der Waals surface area contributed by atoms with Crippen molar-refractivity contribution in [1.82, 2.24) is 0 Å². The molecule has 2 aliphatic heterocycles. The molecule has 346 valence electrons. The first-order valence-electron chi connectivity index (χ1n) is 23.2. The Morgan fingerprint density at radius 3 is 1.00 bits per heavy atom. The second-order valence-corrected chi connectivity index (χ2v) is 44.4. The summed E-state index contributed by atoms with van der Waals surface area (Å²) in [4.78, 5) is 15.5. The van der Waals surface area contributed by atoms with E-state index >= 15 is 0 Å². The first kappa shape index (κ1) is 55.9. The van der Waals surface area contributed by atoms with Crippen molar-refractivity contribution in [2.45, 2.75) is 103 Å². The van der Waals surface area contributed by atoms with Gasteiger partial charge in [-0.3, -0.25) is 0 Å². The van der Waals surface area contributed by atoms with Gasteiger partial charge in [-0.15, -0.1) is 17.1 Å². The second kappa shape index (κ2) is 28.1. The molecule has 1 N–H and O–H groups in total. The summed E-state index contributed by atoms with van der Waals surface area (Å²) in [6.45, 7) is 19.5. The summed E-state index contributed by atoms with van der Waals surface area (Å²) in [5.41, 5.74) is 3.35.